The van der Waals surface area contributed by atoms with Crippen molar-refractivity contribution in [1.29, 1.82) is 0 Å². The lowest BCUT2D eigenvalue weighted by atomic mass is 9.77. The number of hydrogen-bond acceptors (Lipinski definition) is 8. The van der Waals surface area contributed by atoms with E-state index in [2.05, 4.69) is 0 Å². The summed E-state index contributed by atoms with van der Waals surface area (Å²) >= 11 is 0. The molecular formula is C33H36FNO8. The van der Waals surface area contributed by atoms with Gasteiger partial charge in [0.1, 0.15) is 42.1 Å². The SMILES string of the molecule is Cc1ccc(N2C(=O)[C@H](CC[C@H](O)c3ccc(F)cc3)[C@H]2c2ccc(/C=C/[C@@H]3OC(CO)[C@@H](O)C(O)[C@@H]3O)cc2O)cc1. The van der Waals surface area contributed by atoms with Crippen molar-refractivity contribution >= 4 is 17.7 Å². The van der Waals surface area contributed by atoms with Crippen LogP contribution in [-0.2, 0) is 9.53 Å². The number of aliphatic hydroxyl groups is 5. The van der Waals surface area contributed by atoms with E-state index in [4.69, 9.17) is 4.74 Å². The summed E-state index contributed by atoms with van der Waals surface area (Å²) < 4.78 is 18.8. The van der Waals surface area contributed by atoms with E-state index in [0.29, 0.717) is 28.8 Å². The molecule has 3 aromatic carbocycles. The second-order valence-electron chi connectivity index (χ2n) is 11.2. The number of ether oxygens (including phenoxy) is 1. The average Bonchev–Trinajstić information content (AvgIpc) is 3.00. The number of nitrogens with zero attached hydrogens (tertiary/aromatic N) is 1. The molecule has 2 aliphatic rings. The van der Waals surface area contributed by atoms with E-state index in [1.807, 2.05) is 31.2 Å². The molecule has 0 bridgehead atoms. The molecule has 5 rings (SSSR count). The molecule has 43 heavy (non-hydrogen) atoms. The van der Waals surface area contributed by atoms with Crippen LogP contribution in [0.25, 0.3) is 6.08 Å². The number of benzene rings is 3. The third-order valence-corrected chi connectivity index (χ3v) is 8.31. The van der Waals surface area contributed by atoms with Gasteiger partial charge in [-0.1, -0.05) is 54.1 Å². The van der Waals surface area contributed by atoms with Gasteiger partial charge in [0.15, 0.2) is 0 Å². The molecule has 228 valence electrons. The van der Waals surface area contributed by atoms with Gasteiger partial charge in [0.05, 0.1) is 24.7 Å². The number of hydrogen-bond donors (Lipinski definition) is 6. The second-order valence-corrected chi connectivity index (χ2v) is 11.2. The maximum Gasteiger partial charge on any atom is 0.233 e. The Labute approximate surface area is 248 Å². The zero-order valence-corrected chi connectivity index (χ0v) is 23.6. The highest BCUT2D eigenvalue weighted by molar-refractivity contribution is 6.03. The molecule has 6 N–H and O–H groups in total. The number of aromatic hydroxyl groups is 1. The van der Waals surface area contributed by atoms with Crippen LogP contribution in [-0.4, -0.2) is 73.7 Å². The fourth-order valence-corrected chi connectivity index (χ4v) is 5.78. The Morgan fingerprint density at radius 1 is 0.977 bits per heavy atom. The summed E-state index contributed by atoms with van der Waals surface area (Å²) in [6.45, 7) is 1.41. The van der Waals surface area contributed by atoms with Crippen molar-refractivity contribution in [2.24, 2.45) is 5.92 Å². The third-order valence-electron chi connectivity index (χ3n) is 8.31. The molecule has 0 aromatic heterocycles. The molecule has 2 unspecified atom stereocenters. The van der Waals surface area contributed by atoms with Crippen LogP contribution in [0.1, 0.15) is 47.2 Å². The monoisotopic (exact) mass is 593 g/mol. The van der Waals surface area contributed by atoms with Crippen molar-refractivity contribution in [3.05, 3.63) is 101 Å². The van der Waals surface area contributed by atoms with Crippen LogP contribution in [0.2, 0.25) is 0 Å². The molecule has 9 nitrogen and oxygen atoms in total. The molecule has 3 aromatic rings. The number of halogens is 1. The van der Waals surface area contributed by atoms with Crippen molar-refractivity contribution in [1.82, 2.24) is 0 Å². The van der Waals surface area contributed by atoms with Crippen molar-refractivity contribution in [3.8, 4) is 5.75 Å². The highest BCUT2D eigenvalue weighted by Crippen LogP contribution is 2.48. The van der Waals surface area contributed by atoms with E-state index >= 15 is 0 Å². The van der Waals surface area contributed by atoms with Crippen molar-refractivity contribution < 1.29 is 44.6 Å². The first-order valence-electron chi connectivity index (χ1n) is 14.2. The van der Waals surface area contributed by atoms with Gasteiger partial charge >= 0.3 is 0 Å². The largest absolute Gasteiger partial charge is 0.508 e. The summed E-state index contributed by atoms with van der Waals surface area (Å²) in [5, 5.41) is 61.6. The molecule has 0 radical (unpaired) electrons. The molecule has 2 saturated heterocycles. The van der Waals surface area contributed by atoms with Crippen molar-refractivity contribution in [2.45, 2.75) is 62.4 Å². The maximum atomic E-state index is 13.4. The number of anilines is 1. The molecule has 1 amide bonds. The minimum Gasteiger partial charge on any atom is -0.508 e. The lowest BCUT2D eigenvalue weighted by molar-refractivity contribution is -0.216. The lowest BCUT2D eigenvalue weighted by Crippen LogP contribution is -2.57. The fraction of sp³-hybridized carbons (Fsp3) is 0.364. The lowest BCUT2D eigenvalue weighted by Gasteiger charge is -2.48. The Hall–Kier alpha value is -3.64. The van der Waals surface area contributed by atoms with Crippen LogP contribution in [0.4, 0.5) is 10.1 Å². The standard InChI is InChI=1S/C33H36FNO8/c1-18-2-10-22(11-3-18)35-29(24(33(35)42)13-14-25(37)20-6-8-21(34)9-7-20)23-12-4-19(16-26(23)38)5-15-27-30(39)32(41)31(40)28(17-36)43-27/h2-12,15-16,24-25,27-32,36-41H,13-14,17H2,1H3/b15-5+/t24-,25+,27+,28?,29-,30-,31-,32?/m1/s1. The molecule has 0 spiro atoms. The van der Waals surface area contributed by atoms with Crippen molar-refractivity contribution in [3.63, 3.8) is 0 Å². The molecule has 0 aliphatic carbocycles. The number of aryl methyl sites for hydroxylation is 1. The van der Waals surface area contributed by atoms with Gasteiger partial charge in [-0.2, -0.15) is 0 Å². The first kappa shape index (κ1) is 30.8. The minimum absolute atomic E-state index is 0.0605. The number of β-lactam (4-membered cyclic amide) rings is 1. The Kier molecular flexibility index (Phi) is 9.26. The highest BCUT2D eigenvalue weighted by Gasteiger charge is 2.49. The number of phenols is 1. The van der Waals surface area contributed by atoms with E-state index in [9.17, 15) is 39.8 Å². The fourth-order valence-electron chi connectivity index (χ4n) is 5.78. The summed E-state index contributed by atoms with van der Waals surface area (Å²) in [5.41, 5.74) is 3.34. The van der Waals surface area contributed by atoms with Gasteiger partial charge in [-0.3, -0.25) is 4.79 Å². The number of carbonyl (C=O) groups is 1. The molecular weight excluding hydrogens is 557 g/mol. The smallest absolute Gasteiger partial charge is 0.233 e. The van der Waals surface area contributed by atoms with Crippen LogP contribution in [0.5, 0.6) is 5.75 Å². The molecule has 10 heteroatoms. The normalized spacial score (nSPS) is 28.2. The number of carbonyl (C=O) groups excluding carboxylic acids is 1. The molecule has 2 heterocycles. The van der Waals surface area contributed by atoms with Crippen LogP contribution in [0.15, 0.2) is 72.8 Å². The first-order valence-corrected chi connectivity index (χ1v) is 14.2. The summed E-state index contributed by atoms with van der Waals surface area (Å²) in [5.74, 6) is -1.11. The quantitative estimate of drug-likeness (QED) is 0.207. The molecule has 2 aliphatic heterocycles. The van der Waals surface area contributed by atoms with E-state index < -0.39 is 61.0 Å². The van der Waals surface area contributed by atoms with Gasteiger partial charge in [-0.05, 0) is 61.2 Å². The minimum atomic E-state index is -1.50. The molecule has 8 atom stereocenters. The van der Waals surface area contributed by atoms with Gasteiger partial charge in [-0.25, -0.2) is 4.39 Å². The summed E-state index contributed by atoms with van der Waals surface area (Å²) in [4.78, 5) is 15.1. The van der Waals surface area contributed by atoms with Gasteiger partial charge < -0.3 is 40.3 Å². The Morgan fingerprint density at radius 2 is 1.67 bits per heavy atom. The highest BCUT2D eigenvalue weighted by atomic mass is 19.1. The number of amides is 1. The third kappa shape index (κ3) is 6.35. The number of phenolic OH excluding ortho intramolecular Hbond substituents is 1. The Balaban J connectivity index is 1.37. The van der Waals surface area contributed by atoms with Crippen LogP contribution in [0, 0.1) is 18.7 Å². The van der Waals surface area contributed by atoms with E-state index in [1.165, 1.54) is 36.4 Å². The Bertz CT molecular complexity index is 1440. The van der Waals surface area contributed by atoms with Crippen molar-refractivity contribution in [2.75, 3.05) is 11.5 Å². The van der Waals surface area contributed by atoms with E-state index in [1.54, 1.807) is 23.1 Å². The maximum absolute atomic E-state index is 13.4. The molecule has 0 saturated carbocycles. The van der Waals surface area contributed by atoms with E-state index in [0.717, 1.165) is 5.56 Å². The predicted molar refractivity (Wildman–Crippen MR) is 156 cm³/mol. The first-order chi connectivity index (χ1) is 20.6. The Morgan fingerprint density at radius 3 is 2.33 bits per heavy atom. The van der Waals surface area contributed by atoms with Gasteiger partial charge in [0.2, 0.25) is 5.91 Å². The van der Waals surface area contributed by atoms with E-state index in [-0.39, 0.29) is 18.1 Å². The van der Waals surface area contributed by atoms with Gasteiger partial charge in [-0.15, -0.1) is 0 Å². The number of aliphatic hydroxyl groups excluding tert-OH is 5. The van der Waals surface area contributed by atoms with Crippen LogP contribution >= 0.6 is 0 Å². The summed E-state index contributed by atoms with van der Waals surface area (Å²) in [6, 6.07) is 17.5. The average molecular weight is 594 g/mol. The summed E-state index contributed by atoms with van der Waals surface area (Å²) in [6.07, 6.45) is -3.65. The van der Waals surface area contributed by atoms with Gasteiger partial charge in [0.25, 0.3) is 0 Å². The zero-order valence-electron chi connectivity index (χ0n) is 23.6. The van der Waals surface area contributed by atoms with Crippen LogP contribution in [0.3, 0.4) is 0 Å². The summed E-state index contributed by atoms with van der Waals surface area (Å²) in [7, 11) is 0. The van der Waals surface area contributed by atoms with Gasteiger partial charge in [0, 0.05) is 11.3 Å². The van der Waals surface area contributed by atoms with Crippen LogP contribution < -0.4 is 4.90 Å². The molecule has 2 fully saturated rings. The second kappa shape index (κ2) is 12.9. The topological polar surface area (TPSA) is 151 Å². The predicted octanol–water partition coefficient (Wildman–Crippen LogP) is 2.91. The zero-order chi connectivity index (χ0) is 30.8. The number of rotatable bonds is 9.